The molecule has 1 amide bonds. The molecule has 8 nitrogen and oxygen atoms in total. The Morgan fingerprint density at radius 1 is 1.11 bits per heavy atom. The average Bonchev–Trinajstić information content (AvgIpc) is 3.59. The Morgan fingerprint density at radius 3 is 2.43 bits per heavy atom. The van der Waals surface area contributed by atoms with Crippen molar-refractivity contribution in [3.05, 3.63) is 64.5 Å². The molecule has 0 atom stereocenters. The number of ether oxygens (including phenoxy) is 1. The molecule has 1 aromatic carbocycles. The van der Waals surface area contributed by atoms with Crippen molar-refractivity contribution in [2.45, 2.75) is 52.5 Å². The molecule has 2 aromatic heterocycles. The van der Waals surface area contributed by atoms with Crippen LogP contribution in [0.1, 0.15) is 76.4 Å². The van der Waals surface area contributed by atoms with Gasteiger partial charge in [-0.3, -0.25) is 9.59 Å². The van der Waals surface area contributed by atoms with Gasteiger partial charge in [-0.2, -0.15) is 5.26 Å². The molecule has 0 spiro atoms. The van der Waals surface area contributed by atoms with E-state index in [1.165, 1.54) is 13.0 Å². The van der Waals surface area contributed by atoms with Gasteiger partial charge in [0, 0.05) is 22.9 Å². The molecule has 1 N–H and O–H groups in total. The number of ketones is 1. The van der Waals surface area contributed by atoms with Crippen LogP contribution in [-0.2, 0) is 9.53 Å². The number of amides is 1. The highest BCUT2D eigenvalue weighted by molar-refractivity contribution is 5.96. The van der Waals surface area contributed by atoms with Gasteiger partial charge in [-0.1, -0.05) is 37.1 Å². The Kier molecular flexibility index (Phi) is 6.87. The normalized spacial score (nSPS) is 13.4. The lowest BCUT2D eigenvalue weighted by Crippen LogP contribution is -2.23. The van der Waals surface area contributed by atoms with Crippen LogP contribution < -0.4 is 5.32 Å². The van der Waals surface area contributed by atoms with E-state index < -0.39 is 18.5 Å². The number of nitriles is 1. The number of furan rings is 1. The third-order valence-electron chi connectivity index (χ3n) is 6.53. The number of rotatable bonds is 7. The fourth-order valence-corrected chi connectivity index (χ4v) is 4.55. The highest BCUT2D eigenvalue weighted by atomic mass is 16.5. The van der Waals surface area contributed by atoms with Crippen LogP contribution in [0.5, 0.6) is 0 Å². The molecular weight excluding hydrogens is 446 g/mol. The molecule has 0 unspecified atom stereocenters. The molecule has 180 valence electrons. The van der Waals surface area contributed by atoms with Crippen LogP contribution in [0.2, 0.25) is 0 Å². The molecule has 8 heteroatoms. The molecule has 0 aliphatic heterocycles. The van der Waals surface area contributed by atoms with Gasteiger partial charge in [-0.15, -0.1) is 0 Å². The van der Waals surface area contributed by atoms with Gasteiger partial charge < -0.3 is 19.0 Å². The summed E-state index contributed by atoms with van der Waals surface area (Å²) in [6.45, 7) is 4.80. The first-order valence-electron chi connectivity index (χ1n) is 11.6. The third kappa shape index (κ3) is 4.90. The fraction of sp³-hybridized carbons (Fsp3) is 0.333. The van der Waals surface area contributed by atoms with Crippen molar-refractivity contribution >= 4 is 23.5 Å². The summed E-state index contributed by atoms with van der Waals surface area (Å²) in [6, 6.07) is 12.4. The van der Waals surface area contributed by atoms with Gasteiger partial charge in [-0.25, -0.2) is 4.79 Å². The van der Waals surface area contributed by atoms with Gasteiger partial charge in [0.2, 0.25) is 5.76 Å². The smallest absolute Gasteiger partial charge is 0.374 e. The van der Waals surface area contributed by atoms with Gasteiger partial charge >= 0.3 is 5.97 Å². The number of Topliss-reactive ketones (excluding diaryl/α,β-unsaturated/α-hetero) is 1. The van der Waals surface area contributed by atoms with E-state index in [0.717, 1.165) is 36.9 Å². The Bertz CT molecular complexity index is 1320. The lowest BCUT2D eigenvalue weighted by atomic mass is 10.1. The number of esters is 1. The molecule has 1 aliphatic carbocycles. The maximum Gasteiger partial charge on any atom is 0.374 e. The molecule has 1 fully saturated rings. The zero-order valence-electron chi connectivity index (χ0n) is 20.0. The first-order valence-corrected chi connectivity index (χ1v) is 11.6. The summed E-state index contributed by atoms with van der Waals surface area (Å²) in [5, 5.41) is 12.5. The van der Waals surface area contributed by atoms with E-state index in [2.05, 4.69) is 11.4 Å². The lowest BCUT2D eigenvalue weighted by molar-refractivity contribution is -0.119. The number of anilines is 1. The number of benzene rings is 1. The average molecular weight is 474 g/mol. The second-order valence-corrected chi connectivity index (χ2v) is 8.78. The largest absolute Gasteiger partial charge is 0.450 e. The molecule has 35 heavy (non-hydrogen) atoms. The molecule has 4 rings (SSSR count). The minimum absolute atomic E-state index is 0.0397. The number of carbonyl (C=O) groups excluding carboxylic acids is 3. The van der Waals surface area contributed by atoms with Crippen LogP contribution in [0.25, 0.3) is 11.3 Å². The number of nitrogens with zero attached hydrogens (tertiary/aromatic N) is 2. The molecule has 1 aliphatic rings. The quantitative estimate of drug-likeness (QED) is 0.365. The molecule has 0 bridgehead atoms. The van der Waals surface area contributed by atoms with Crippen molar-refractivity contribution in [3.8, 4) is 17.4 Å². The summed E-state index contributed by atoms with van der Waals surface area (Å²) >= 11 is 0. The van der Waals surface area contributed by atoms with Crippen LogP contribution >= 0.6 is 0 Å². The van der Waals surface area contributed by atoms with Gasteiger partial charge in [0.05, 0.1) is 5.56 Å². The zero-order chi connectivity index (χ0) is 25.1. The van der Waals surface area contributed by atoms with Crippen LogP contribution in [0.4, 0.5) is 5.82 Å². The number of nitrogens with one attached hydrogen (secondary N) is 1. The fourth-order valence-electron chi connectivity index (χ4n) is 4.55. The maximum atomic E-state index is 12.6. The van der Waals surface area contributed by atoms with Crippen molar-refractivity contribution in [2.75, 3.05) is 11.9 Å². The minimum Gasteiger partial charge on any atom is -0.450 e. The molecule has 2 heterocycles. The van der Waals surface area contributed by atoms with Crippen LogP contribution in [0.3, 0.4) is 0 Å². The Morgan fingerprint density at radius 2 is 1.80 bits per heavy atom. The van der Waals surface area contributed by atoms with Gasteiger partial charge in [0.25, 0.3) is 5.91 Å². The van der Waals surface area contributed by atoms with E-state index >= 15 is 0 Å². The van der Waals surface area contributed by atoms with Crippen molar-refractivity contribution in [1.82, 2.24) is 4.57 Å². The predicted molar refractivity (Wildman–Crippen MR) is 129 cm³/mol. The van der Waals surface area contributed by atoms with Crippen LogP contribution in [0, 0.1) is 25.2 Å². The summed E-state index contributed by atoms with van der Waals surface area (Å²) in [6.07, 6.45) is 4.21. The SMILES string of the molecule is CC(=O)c1ccc(-c2ccc(C(=O)OCC(=O)Nc3c(C#N)c(C)c(C)n3C3CCCC3)o2)cc1. The summed E-state index contributed by atoms with van der Waals surface area (Å²) in [4.78, 5) is 36.5. The van der Waals surface area contributed by atoms with Crippen molar-refractivity contribution in [1.29, 1.82) is 5.26 Å². The standard InChI is InChI=1S/C27H27N3O5/c1-16-17(2)30(21-6-4-5-7-21)26(22(16)14-28)29-25(32)15-34-27(33)24-13-12-23(35-24)20-10-8-19(9-11-20)18(3)31/h8-13,21H,4-7,15H2,1-3H3,(H,29,32). The van der Waals surface area contributed by atoms with E-state index in [1.54, 1.807) is 30.3 Å². The second-order valence-electron chi connectivity index (χ2n) is 8.78. The van der Waals surface area contributed by atoms with Crippen LogP contribution in [-0.4, -0.2) is 28.8 Å². The molecular formula is C27H27N3O5. The van der Waals surface area contributed by atoms with E-state index in [1.807, 2.05) is 18.4 Å². The van der Waals surface area contributed by atoms with Gasteiger partial charge in [0.1, 0.15) is 17.6 Å². The number of hydrogen-bond acceptors (Lipinski definition) is 6. The molecule has 3 aromatic rings. The monoisotopic (exact) mass is 473 g/mol. The summed E-state index contributed by atoms with van der Waals surface area (Å²) in [5.41, 5.74) is 3.51. The first kappa shape index (κ1) is 24.0. The highest BCUT2D eigenvalue weighted by Gasteiger charge is 2.27. The first-order chi connectivity index (χ1) is 16.8. The Hall–Kier alpha value is -4.12. The topological polar surface area (TPSA) is 114 Å². The maximum absolute atomic E-state index is 12.6. The predicted octanol–water partition coefficient (Wildman–Crippen LogP) is 5.35. The van der Waals surface area contributed by atoms with Crippen molar-refractivity contribution < 1.29 is 23.5 Å². The zero-order valence-corrected chi connectivity index (χ0v) is 20.0. The van der Waals surface area contributed by atoms with E-state index in [0.29, 0.717) is 28.3 Å². The van der Waals surface area contributed by atoms with Crippen LogP contribution in [0.15, 0.2) is 40.8 Å². The minimum atomic E-state index is -0.772. The molecule has 0 radical (unpaired) electrons. The summed E-state index contributed by atoms with van der Waals surface area (Å²) in [7, 11) is 0. The Labute approximate surface area is 203 Å². The number of hydrogen-bond donors (Lipinski definition) is 1. The molecule has 1 saturated carbocycles. The number of carbonyl (C=O) groups is 3. The summed E-state index contributed by atoms with van der Waals surface area (Å²) in [5.74, 6) is -0.479. The highest BCUT2D eigenvalue weighted by Crippen LogP contribution is 2.37. The lowest BCUT2D eigenvalue weighted by Gasteiger charge is -2.19. The number of aromatic nitrogens is 1. The Balaban J connectivity index is 1.42. The van der Waals surface area contributed by atoms with Crippen molar-refractivity contribution in [2.24, 2.45) is 0 Å². The van der Waals surface area contributed by atoms with Crippen molar-refractivity contribution in [3.63, 3.8) is 0 Å². The van der Waals surface area contributed by atoms with E-state index in [-0.39, 0.29) is 17.6 Å². The molecule has 0 saturated heterocycles. The van der Waals surface area contributed by atoms with Gasteiger partial charge in [-0.05, 0) is 51.3 Å². The summed E-state index contributed by atoms with van der Waals surface area (Å²) < 4.78 is 12.8. The second kappa shape index (κ2) is 10.0. The van der Waals surface area contributed by atoms with E-state index in [9.17, 15) is 19.6 Å². The van der Waals surface area contributed by atoms with Gasteiger partial charge in [0.15, 0.2) is 12.4 Å². The van der Waals surface area contributed by atoms with E-state index in [4.69, 9.17) is 9.15 Å². The third-order valence-corrected chi connectivity index (χ3v) is 6.53.